The van der Waals surface area contributed by atoms with E-state index in [1.165, 1.54) is 12.8 Å². The first kappa shape index (κ1) is 19.5. The van der Waals surface area contributed by atoms with E-state index in [2.05, 4.69) is 15.5 Å². The lowest BCUT2D eigenvalue weighted by molar-refractivity contribution is -0.141. The molecule has 158 valence electrons. The number of piperazine rings is 1. The molecule has 0 aliphatic carbocycles. The summed E-state index contributed by atoms with van der Waals surface area (Å²) in [6.07, 6.45) is 3.33. The molecular weight excluding hydrogens is 384 g/mol. The number of Topliss-reactive ketones (excluding diaryl/α,β-unsaturated/α-hetero) is 1. The Morgan fingerprint density at radius 1 is 1.20 bits per heavy atom. The van der Waals surface area contributed by atoms with Crippen LogP contribution >= 0.6 is 0 Å². The fourth-order valence-corrected chi connectivity index (χ4v) is 5.62. The zero-order chi connectivity index (χ0) is 20.8. The lowest BCUT2D eigenvalue weighted by atomic mass is 9.90. The van der Waals surface area contributed by atoms with Gasteiger partial charge in [-0.3, -0.25) is 34.3 Å². The van der Waals surface area contributed by atoms with Crippen LogP contribution in [0.15, 0.2) is 18.2 Å². The molecule has 8 heteroatoms. The monoisotopic (exact) mass is 410 g/mol. The van der Waals surface area contributed by atoms with Crippen LogP contribution < -0.4 is 10.6 Å². The Bertz CT molecular complexity index is 908. The summed E-state index contributed by atoms with van der Waals surface area (Å²) in [5, 5.41) is 5.93. The largest absolute Gasteiger partial charge is 0.311 e. The summed E-state index contributed by atoms with van der Waals surface area (Å²) in [6.45, 7) is 3.13. The van der Waals surface area contributed by atoms with E-state index in [0.717, 1.165) is 36.3 Å². The van der Waals surface area contributed by atoms with Gasteiger partial charge in [-0.2, -0.15) is 0 Å². The van der Waals surface area contributed by atoms with E-state index < -0.39 is 17.9 Å². The first-order chi connectivity index (χ1) is 14.5. The van der Waals surface area contributed by atoms with E-state index in [1.807, 2.05) is 18.2 Å². The molecular formula is C22H26N4O4. The summed E-state index contributed by atoms with van der Waals surface area (Å²) in [7, 11) is 0. The molecule has 30 heavy (non-hydrogen) atoms. The van der Waals surface area contributed by atoms with Crippen LogP contribution in [-0.4, -0.2) is 64.9 Å². The molecule has 4 fully saturated rings. The van der Waals surface area contributed by atoms with Crippen molar-refractivity contribution in [2.75, 3.05) is 13.1 Å². The number of nitrogens with one attached hydrogen (secondary N) is 2. The van der Waals surface area contributed by atoms with Gasteiger partial charge in [0.1, 0.15) is 6.04 Å². The van der Waals surface area contributed by atoms with Crippen LogP contribution in [0.3, 0.4) is 0 Å². The van der Waals surface area contributed by atoms with Crippen molar-refractivity contribution in [1.29, 1.82) is 0 Å². The third-order valence-electron chi connectivity index (χ3n) is 7.08. The number of fused-ring (bicyclic) bond motifs is 4. The number of amides is 2. The molecule has 2 amide bonds. The number of carbonyl (C=O) groups excluding carboxylic acids is 4. The van der Waals surface area contributed by atoms with Gasteiger partial charge in [-0.05, 0) is 36.0 Å². The standard InChI is InChI=1S/C22H26N4O4/c27-12-18(28)21-20-13(9-25-11-15-4-5-16(25)8-23-15)2-1-3-14(20)10-26(21)17-6-7-19(29)24-22(17)30/h1-3,12,15-17,21,23H,4-11H2,(H,24,29,30). The van der Waals surface area contributed by atoms with Crippen molar-refractivity contribution >= 4 is 23.9 Å². The summed E-state index contributed by atoms with van der Waals surface area (Å²) in [4.78, 5) is 52.6. The Morgan fingerprint density at radius 3 is 2.73 bits per heavy atom. The number of rotatable bonds is 5. The first-order valence-corrected chi connectivity index (χ1v) is 10.7. The highest BCUT2D eigenvalue weighted by Gasteiger charge is 2.44. The molecule has 5 aliphatic rings. The number of piperidine rings is 3. The number of hydrogen-bond acceptors (Lipinski definition) is 7. The molecule has 1 aromatic rings. The van der Waals surface area contributed by atoms with Crippen LogP contribution in [0, 0.1) is 0 Å². The average molecular weight is 410 g/mol. The molecule has 5 heterocycles. The lowest BCUT2D eigenvalue weighted by Gasteiger charge is -2.46. The molecule has 2 bridgehead atoms. The second-order valence-electron chi connectivity index (χ2n) is 8.82. The molecule has 0 saturated carbocycles. The molecule has 0 aromatic heterocycles. The second-order valence-corrected chi connectivity index (χ2v) is 8.82. The van der Waals surface area contributed by atoms with Crippen LogP contribution in [0.1, 0.15) is 48.4 Å². The van der Waals surface area contributed by atoms with Gasteiger partial charge < -0.3 is 5.32 Å². The van der Waals surface area contributed by atoms with Crippen LogP contribution in [0.25, 0.3) is 0 Å². The normalized spacial score (nSPS) is 31.5. The molecule has 5 aliphatic heterocycles. The van der Waals surface area contributed by atoms with Crippen LogP contribution in [0.5, 0.6) is 0 Å². The third kappa shape index (κ3) is 3.29. The van der Waals surface area contributed by atoms with Gasteiger partial charge >= 0.3 is 0 Å². The maximum atomic E-state index is 12.7. The van der Waals surface area contributed by atoms with Crippen LogP contribution in [0.2, 0.25) is 0 Å². The Balaban J connectivity index is 1.47. The molecule has 4 unspecified atom stereocenters. The van der Waals surface area contributed by atoms with Gasteiger partial charge in [0.25, 0.3) is 0 Å². The fourth-order valence-electron chi connectivity index (χ4n) is 5.62. The minimum atomic E-state index is -0.766. The van der Waals surface area contributed by atoms with Crippen molar-refractivity contribution in [2.45, 2.75) is 62.9 Å². The van der Waals surface area contributed by atoms with Gasteiger partial charge in [-0.25, -0.2) is 0 Å². The van der Waals surface area contributed by atoms with Gasteiger partial charge in [-0.15, -0.1) is 0 Å². The summed E-state index contributed by atoms with van der Waals surface area (Å²) in [5.41, 5.74) is 2.90. The smallest absolute Gasteiger partial charge is 0.243 e. The number of imide groups is 1. The van der Waals surface area contributed by atoms with E-state index in [-0.39, 0.29) is 18.2 Å². The van der Waals surface area contributed by atoms with Gasteiger partial charge in [0.05, 0.1) is 6.04 Å². The number of hydrogen-bond donors (Lipinski definition) is 2. The minimum Gasteiger partial charge on any atom is -0.311 e. The van der Waals surface area contributed by atoms with Crippen LogP contribution in [-0.2, 0) is 32.3 Å². The highest BCUT2D eigenvalue weighted by molar-refractivity contribution is 6.27. The van der Waals surface area contributed by atoms with Gasteiger partial charge in [0, 0.05) is 44.7 Å². The number of aldehydes is 1. The zero-order valence-electron chi connectivity index (χ0n) is 16.8. The van der Waals surface area contributed by atoms with Crippen LogP contribution in [0.4, 0.5) is 0 Å². The van der Waals surface area contributed by atoms with Gasteiger partial charge in [0.2, 0.25) is 17.6 Å². The zero-order valence-corrected chi connectivity index (χ0v) is 16.8. The van der Waals surface area contributed by atoms with Gasteiger partial charge in [-0.1, -0.05) is 18.2 Å². The summed E-state index contributed by atoms with van der Waals surface area (Å²) >= 11 is 0. The Morgan fingerprint density at radius 2 is 2.07 bits per heavy atom. The summed E-state index contributed by atoms with van der Waals surface area (Å²) in [5.74, 6) is -1.21. The van der Waals surface area contributed by atoms with Crippen molar-refractivity contribution < 1.29 is 19.2 Å². The highest BCUT2D eigenvalue weighted by Crippen LogP contribution is 2.40. The predicted molar refractivity (Wildman–Crippen MR) is 107 cm³/mol. The highest BCUT2D eigenvalue weighted by atomic mass is 16.2. The number of benzene rings is 1. The lowest BCUT2D eigenvalue weighted by Crippen LogP contribution is -2.60. The van der Waals surface area contributed by atoms with Gasteiger partial charge in [0.15, 0.2) is 6.29 Å². The quantitative estimate of drug-likeness (QED) is 0.402. The molecule has 1 aromatic carbocycles. The number of nitrogens with zero attached hydrogens (tertiary/aromatic N) is 2. The molecule has 4 atom stereocenters. The van der Waals surface area contributed by atoms with E-state index in [4.69, 9.17) is 0 Å². The van der Waals surface area contributed by atoms with Crippen molar-refractivity contribution in [3.05, 3.63) is 34.9 Å². The Kier molecular flexibility index (Phi) is 5.00. The molecule has 8 nitrogen and oxygen atoms in total. The van der Waals surface area contributed by atoms with E-state index in [1.54, 1.807) is 4.90 Å². The van der Waals surface area contributed by atoms with Crippen molar-refractivity contribution in [1.82, 2.24) is 20.4 Å². The maximum Gasteiger partial charge on any atom is 0.243 e. The van der Waals surface area contributed by atoms with E-state index >= 15 is 0 Å². The summed E-state index contributed by atoms with van der Waals surface area (Å²) in [6, 6.07) is 5.64. The maximum absolute atomic E-state index is 12.7. The average Bonchev–Trinajstić information content (AvgIpc) is 3.14. The number of carbonyl (C=O) groups is 4. The topological polar surface area (TPSA) is 98.8 Å². The molecule has 6 rings (SSSR count). The molecule has 0 radical (unpaired) electrons. The molecule has 4 saturated heterocycles. The number of ketones is 1. The molecule has 2 N–H and O–H groups in total. The van der Waals surface area contributed by atoms with Crippen molar-refractivity contribution in [2.24, 2.45) is 0 Å². The van der Waals surface area contributed by atoms with Crippen molar-refractivity contribution in [3.8, 4) is 0 Å². The summed E-state index contributed by atoms with van der Waals surface area (Å²) < 4.78 is 0. The van der Waals surface area contributed by atoms with Crippen molar-refractivity contribution in [3.63, 3.8) is 0 Å². The Hall–Kier alpha value is -2.42. The minimum absolute atomic E-state index is 0.238. The first-order valence-electron chi connectivity index (χ1n) is 10.7. The predicted octanol–water partition coefficient (Wildman–Crippen LogP) is 0.0527. The van der Waals surface area contributed by atoms with E-state index in [9.17, 15) is 19.2 Å². The Labute approximate surface area is 175 Å². The SMILES string of the molecule is O=CC(=O)C1c2c(CN3CC4CCC3CN4)cccc2CN1C1CCC(=O)NC1=O. The van der Waals surface area contributed by atoms with E-state index in [0.29, 0.717) is 31.3 Å². The third-order valence-corrected chi connectivity index (χ3v) is 7.08. The fraction of sp³-hybridized carbons (Fsp3) is 0.545. The molecule has 0 spiro atoms. The second kappa shape index (κ2) is 7.68.